The van der Waals surface area contributed by atoms with Gasteiger partial charge < -0.3 is 0 Å². The molecule has 0 N–H and O–H groups in total. The molecule has 0 radical (unpaired) electrons. The third-order valence-electron chi connectivity index (χ3n) is 5.20. The van der Waals surface area contributed by atoms with Gasteiger partial charge in [-0.05, 0) is 48.6 Å². The summed E-state index contributed by atoms with van der Waals surface area (Å²) in [5, 5.41) is 0. The van der Waals surface area contributed by atoms with Crippen LogP contribution in [0.3, 0.4) is 0 Å². The average molecular weight is 529 g/mol. The fourth-order valence-electron chi connectivity index (χ4n) is 3.73. The molecule has 1 aromatic rings. The summed E-state index contributed by atoms with van der Waals surface area (Å²) in [6.07, 6.45) is -0.807. The van der Waals surface area contributed by atoms with Gasteiger partial charge in [-0.3, -0.25) is 4.79 Å². The van der Waals surface area contributed by atoms with Crippen molar-refractivity contribution >= 4 is 47.7 Å². The molecule has 2 fully saturated rings. The normalized spacial score (nSPS) is 31.9. The highest BCUT2D eigenvalue weighted by atomic mass is 79.9. The van der Waals surface area contributed by atoms with Crippen molar-refractivity contribution in [2.24, 2.45) is 5.92 Å². The van der Waals surface area contributed by atoms with Gasteiger partial charge >= 0.3 is 6.18 Å². The molecule has 1 saturated heterocycles. The van der Waals surface area contributed by atoms with E-state index in [4.69, 9.17) is 0 Å². The molecule has 27 heavy (non-hydrogen) atoms. The molecule has 2 aliphatic heterocycles. The Kier molecular flexibility index (Phi) is 4.64. The van der Waals surface area contributed by atoms with Gasteiger partial charge in [0.15, 0.2) is 5.78 Å². The van der Waals surface area contributed by atoms with Gasteiger partial charge in [0.1, 0.15) is 0 Å². The molecule has 1 saturated carbocycles. The number of halogens is 5. The van der Waals surface area contributed by atoms with E-state index in [0.717, 1.165) is 42.7 Å². The quantitative estimate of drug-likeness (QED) is 0.442. The highest BCUT2D eigenvalue weighted by molar-refractivity contribution is 9.10. The minimum Gasteiger partial charge on any atom is -0.297 e. The molecule has 3 aliphatic rings. The Hall–Kier alpha value is -0.710. The summed E-state index contributed by atoms with van der Waals surface area (Å²) >= 11 is 6.66. The van der Waals surface area contributed by atoms with E-state index in [9.17, 15) is 26.4 Å². The number of alkyl halides is 5. The predicted molar refractivity (Wildman–Crippen MR) is 99.3 cm³/mol. The Bertz CT molecular complexity index is 926. The molecule has 4 unspecified atom stereocenters. The molecule has 0 aromatic heterocycles. The molecule has 0 amide bonds. The molecule has 4 atom stereocenters. The van der Waals surface area contributed by atoms with Crippen LogP contribution in [0.2, 0.25) is 0 Å². The molecule has 4 rings (SSSR count). The zero-order valence-corrected chi connectivity index (χ0v) is 17.6. The number of Topliss-reactive ketones (excluding diaryl/α,β-unsaturated/α-hetero) is 1. The van der Waals surface area contributed by atoms with E-state index in [-0.39, 0.29) is 16.6 Å². The Morgan fingerprint density at radius 1 is 1.04 bits per heavy atom. The van der Waals surface area contributed by atoms with Crippen molar-refractivity contribution in [1.82, 2.24) is 4.31 Å². The molecular formula is C17H14Br2F3NO3S. The lowest BCUT2D eigenvalue weighted by Gasteiger charge is -2.39. The lowest BCUT2D eigenvalue weighted by molar-refractivity contribution is -0.137. The highest BCUT2D eigenvalue weighted by Crippen LogP contribution is 2.50. The molecule has 10 heteroatoms. The Labute approximate surface area is 171 Å². The second-order valence-electron chi connectivity index (χ2n) is 6.94. The van der Waals surface area contributed by atoms with Gasteiger partial charge in [-0.15, -0.1) is 0 Å². The van der Waals surface area contributed by atoms with Gasteiger partial charge in [-0.25, -0.2) is 8.42 Å². The molecule has 1 aliphatic carbocycles. The maximum atomic E-state index is 13.3. The fraction of sp³-hybridized carbons (Fsp3) is 0.471. The third-order valence-corrected chi connectivity index (χ3v) is 9.04. The van der Waals surface area contributed by atoms with E-state index in [1.807, 2.05) is 6.08 Å². The molecule has 4 nitrogen and oxygen atoms in total. The first-order chi connectivity index (χ1) is 12.5. The number of benzene rings is 1. The van der Waals surface area contributed by atoms with Gasteiger partial charge in [-0.1, -0.05) is 37.9 Å². The van der Waals surface area contributed by atoms with Crippen molar-refractivity contribution in [3.05, 3.63) is 41.5 Å². The van der Waals surface area contributed by atoms with Crippen LogP contribution >= 0.6 is 31.9 Å². The second kappa shape index (κ2) is 6.40. The first kappa shape index (κ1) is 19.6. The van der Waals surface area contributed by atoms with Crippen LogP contribution < -0.4 is 0 Å². The SMILES string of the molecule is O=C1C(Br)C2C=C(C3CC3)C(C1Br)N2S(=O)(=O)c1ccc(C(F)(F)F)cc1. The Balaban J connectivity index is 1.74. The van der Waals surface area contributed by atoms with Crippen molar-refractivity contribution in [3.63, 3.8) is 0 Å². The van der Waals surface area contributed by atoms with E-state index in [1.165, 1.54) is 4.31 Å². The number of rotatable bonds is 3. The molecule has 146 valence electrons. The largest absolute Gasteiger partial charge is 0.416 e. The molecule has 0 spiro atoms. The topological polar surface area (TPSA) is 54.5 Å². The first-order valence-corrected chi connectivity index (χ1v) is 11.5. The average Bonchev–Trinajstić information content (AvgIpc) is 3.38. The lowest BCUT2D eigenvalue weighted by atomic mass is 9.98. The number of fused-ring (bicyclic) bond motifs is 2. The summed E-state index contributed by atoms with van der Waals surface area (Å²) in [7, 11) is -4.09. The minimum absolute atomic E-state index is 0.129. The van der Waals surface area contributed by atoms with Gasteiger partial charge in [0, 0.05) is 0 Å². The number of carbonyl (C=O) groups is 1. The van der Waals surface area contributed by atoms with E-state index in [0.29, 0.717) is 0 Å². The van der Waals surface area contributed by atoms with Crippen LogP contribution in [0, 0.1) is 5.92 Å². The van der Waals surface area contributed by atoms with E-state index in [1.54, 1.807) is 0 Å². The first-order valence-electron chi connectivity index (χ1n) is 8.28. The van der Waals surface area contributed by atoms with Crippen molar-refractivity contribution in [2.75, 3.05) is 0 Å². The summed E-state index contributed by atoms with van der Waals surface area (Å²) in [5.41, 5.74) is 0.0134. The third kappa shape index (κ3) is 3.12. The number of carbonyl (C=O) groups excluding carboxylic acids is 1. The monoisotopic (exact) mass is 527 g/mol. The molecule has 2 bridgehead atoms. The van der Waals surface area contributed by atoms with Crippen LogP contribution in [0.4, 0.5) is 13.2 Å². The van der Waals surface area contributed by atoms with Crippen LogP contribution in [0.15, 0.2) is 40.8 Å². The number of ketones is 1. The van der Waals surface area contributed by atoms with Crippen molar-refractivity contribution in [3.8, 4) is 0 Å². The number of piperidine rings is 1. The minimum atomic E-state index is -4.54. The van der Waals surface area contributed by atoms with E-state index < -0.39 is 43.5 Å². The maximum absolute atomic E-state index is 13.3. The van der Waals surface area contributed by atoms with Crippen LogP contribution in [0.5, 0.6) is 0 Å². The summed E-state index contributed by atoms with van der Waals surface area (Å²) in [6, 6.07) is 2.14. The summed E-state index contributed by atoms with van der Waals surface area (Å²) in [4.78, 5) is 10.8. The van der Waals surface area contributed by atoms with Gasteiger partial charge in [0.25, 0.3) is 0 Å². The zero-order chi connectivity index (χ0) is 19.7. The lowest BCUT2D eigenvalue weighted by Crippen LogP contribution is -2.59. The van der Waals surface area contributed by atoms with Gasteiger partial charge in [0.2, 0.25) is 10.0 Å². The molecule has 2 heterocycles. The van der Waals surface area contributed by atoms with Crippen molar-refractivity contribution < 1.29 is 26.4 Å². The van der Waals surface area contributed by atoms with Crippen LogP contribution in [-0.4, -0.2) is 40.2 Å². The smallest absolute Gasteiger partial charge is 0.297 e. The number of hydrogen-bond acceptors (Lipinski definition) is 3. The van der Waals surface area contributed by atoms with Crippen molar-refractivity contribution in [1.29, 1.82) is 0 Å². The summed E-state index contributed by atoms with van der Waals surface area (Å²) < 4.78 is 66.1. The highest BCUT2D eigenvalue weighted by Gasteiger charge is 2.57. The predicted octanol–water partition coefficient (Wildman–Crippen LogP) is 3.89. The maximum Gasteiger partial charge on any atom is 0.416 e. The molecular weight excluding hydrogens is 515 g/mol. The zero-order valence-electron chi connectivity index (χ0n) is 13.7. The standard InChI is InChI=1S/C17H14Br2F3NO3S/c18-13-12-7-11(8-1-2-8)15(14(19)16(13)24)23(12)27(25,26)10-5-3-9(4-6-10)17(20,21)22/h3-8,12-15H,1-2H2. The second-order valence-corrected chi connectivity index (χ2v) is 10.8. The fourth-order valence-corrected chi connectivity index (χ4v) is 7.70. The molecule has 1 aromatic carbocycles. The van der Waals surface area contributed by atoms with Crippen LogP contribution in [-0.2, 0) is 21.0 Å². The van der Waals surface area contributed by atoms with E-state index in [2.05, 4.69) is 31.9 Å². The van der Waals surface area contributed by atoms with Gasteiger partial charge in [0.05, 0.1) is 32.2 Å². The van der Waals surface area contributed by atoms with Gasteiger partial charge in [-0.2, -0.15) is 17.5 Å². The number of sulfonamides is 1. The van der Waals surface area contributed by atoms with E-state index >= 15 is 0 Å². The summed E-state index contributed by atoms with van der Waals surface area (Å²) in [5.74, 6) is 0.131. The Morgan fingerprint density at radius 2 is 1.63 bits per heavy atom. The summed E-state index contributed by atoms with van der Waals surface area (Å²) in [6.45, 7) is 0. The number of hydrogen-bond donors (Lipinski definition) is 0. The Morgan fingerprint density at radius 3 is 2.15 bits per heavy atom. The van der Waals surface area contributed by atoms with Crippen molar-refractivity contribution in [2.45, 2.75) is 45.7 Å². The van der Waals surface area contributed by atoms with Crippen LogP contribution in [0.1, 0.15) is 18.4 Å². The number of nitrogens with zero attached hydrogens (tertiary/aromatic N) is 1. The van der Waals surface area contributed by atoms with Crippen LogP contribution in [0.25, 0.3) is 0 Å².